The van der Waals surface area contributed by atoms with Gasteiger partial charge in [0.05, 0.1) is 10.6 Å². The van der Waals surface area contributed by atoms with Crippen LogP contribution >= 0.6 is 11.6 Å². The molecule has 1 aromatic heterocycles. The molecule has 7 heteroatoms. The van der Waals surface area contributed by atoms with Gasteiger partial charge in [-0.2, -0.15) is 0 Å². The van der Waals surface area contributed by atoms with Gasteiger partial charge in [-0.05, 0) is 63.3 Å². The van der Waals surface area contributed by atoms with Gasteiger partial charge in [-0.3, -0.25) is 4.79 Å². The highest BCUT2D eigenvalue weighted by molar-refractivity contribution is 6.34. The van der Waals surface area contributed by atoms with Crippen LogP contribution in [0, 0.1) is 5.82 Å². The highest BCUT2D eigenvalue weighted by Gasteiger charge is 2.17. The molecule has 1 saturated heterocycles. The summed E-state index contributed by atoms with van der Waals surface area (Å²) in [6, 6.07) is 9.45. The van der Waals surface area contributed by atoms with Gasteiger partial charge in [-0.15, -0.1) is 0 Å². The Morgan fingerprint density at radius 1 is 1.24 bits per heavy atom. The van der Waals surface area contributed by atoms with Crippen molar-refractivity contribution in [3.05, 3.63) is 52.8 Å². The van der Waals surface area contributed by atoms with Crippen LogP contribution in [0.2, 0.25) is 5.02 Å². The minimum absolute atomic E-state index is 0.0677. The number of piperidine rings is 1. The van der Waals surface area contributed by atoms with E-state index in [1.807, 2.05) is 12.1 Å². The fourth-order valence-corrected chi connectivity index (χ4v) is 3.06. The molecule has 1 aliphatic rings. The molecule has 1 aromatic carbocycles. The quantitative estimate of drug-likeness (QED) is 0.872. The average Bonchev–Trinajstić information content (AvgIpc) is 2.57. The number of carbonyl (C=O) groups is 1. The van der Waals surface area contributed by atoms with Crippen molar-refractivity contribution >= 4 is 29.1 Å². The van der Waals surface area contributed by atoms with Gasteiger partial charge in [0.1, 0.15) is 17.5 Å². The lowest BCUT2D eigenvalue weighted by Gasteiger charge is -2.29. The van der Waals surface area contributed by atoms with E-state index in [2.05, 4.69) is 27.6 Å². The number of amides is 1. The van der Waals surface area contributed by atoms with Crippen LogP contribution < -0.4 is 10.6 Å². The number of nitrogens with one attached hydrogen (secondary N) is 2. The van der Waals surface area contributed by atoms with Crippen LogP contribution in [0.15, 0.2) is 36.4 Å². The number of halogens is 2. The Kier molecular flexibility index (Phi) is 5.50. The van der Waals surface area contributed by atoms with Crippen molar-refractivity contribution in [2.75, 3.05) is 30.8 Å². The molecule has 0 radical (unpaired) electrons. The zero-order valence-corrected chi connectivity index (χ0v) is 14.7. The molecule has 132 valence electrons. The van der Waals surface area contributed by atoms with Crippen LogP contribution in [0.1, 0.15) is 23.2 Å². The number of hydrogen-bond donors (Lipinski definition) is 2. The summed E-state index contributed by atoms with van der Waals surface area (Å²) in [5, 5.41) is 6.17. The van der Waals surface area contributed by atoms with Gasteiger partial charge in [0, 0.05) is 6.04 Å². The molecule has 1 amide bonds. The third-order valence-corrected chi connectivity index (χ3v) is 4.55. The van der Waals surface area contributed by atoms with Gasteiger partial charge in [0.2, 0.25) is 0 Å². The summed E-state index contributed by atoms with van der Waals surface area (Å²) in [6.45, 7) is 2.11. The Bertz CT molecular complexity index is 762. The summed E-state index contributed by atoms with van der Waals surface area (Å²) in [5.74, 6) is 0.235. The molecular formula is C18H20ClFN4O. The minimum Gasteiger partial charge on any atom is -0.367 e. The van der Waals surface area contributed by atoms with Crippen molar-refractivity contribution in [2.24, 2.45) is 0 Å². The molecule has 2 N–H and O–H groups in total. The monoisotopic (exact) mass is 362 g/mol. The number of aromatic nitrogens is 1. The Balaban J connectivity index is 1.66. The van der Waals surface area contributed by atoms with Gasteiger partial charge in [0.25, 0.3) is 5.91 Å². The maximum Gasteiger partial charge on any atom is 0.258 e. The second kappa shape index (κ2) is 7.80. The number of anilines is 2. The van der Waals surface area contributed by atoms with E-state index >= 15 is 0 Å². The van der Waals surface area contributed by atoms with Gasteiger partial charge in [-0.25, -0.2) is 9.37 Å². The topological polar surface area (TPSA) is 57.3 Å². The lowest BCUT2D eigenvalue weighted by molar-refractivity contribution is 0.102. The standard InChI is InChI=1S/C18H20ClFN4O/c1-24-9-7-13(8-10-24)21-16-3-2-4-17(22-16)23-18(25)14-6-5-12(20)11-15(14)19/h2-6,11,13H,7-10H2,1H3,(H2,21,22,23,25). The first-order valence-corrected chi connectivity index (χ1v) is 8.57. The van der Waals surface area contributed by atoms with E-state index in [1.54, 1.807) is 6.07 Å². The fourth-order valence-electron chi connectivity index (χ4n) is 2.80. The summed E-state index contributed by atoms with van der Waals surface area (Å²) < 4.78 is 13.1. The summed E-state index contributed by atoms with van der Waals surface area (Å²) >= 11 is 5.92. The first-order chi connectivity index (χ1) is 12.0. The zero-order valence-electron chi connectivity index (χ0n) is 13.9. The second-order valence-corrected chi connectivity index (χ2v) is 6.62. The van der Waals surface area contributed by atoms with Crippen LogP contribution in [0.3, 0.4) is 0 Å². The van der Waals surface area contributed by atoms with Gasteiger partial charge < -0.3 is 15.5 Å². The molecule has 0 saturated carbocycles. The number of carbonyl (C=O) groups excluding carboxylic acids is 1. The maximum absolute atomic E-state index is 13.1. The SMILES string of the molecule is CN1CCC(Nc2cccc(NC(=O)c3ccc(F)cc3Cl)n2)CC1. The Morgan fingerprint density at radius 2 is 1.96 bits per heavy atom. The van der Waals surface area contributed by atoms with E-state index in [0.717, 1.165) is 37.8 Å². The second-order valence-electron chi connectivity index (χ2n) is 6.21. The summed E-state index contributed by atoms with van der Waals surface area (Å²) in [4.78, 5) is 19.0. The first kappa shape index (κ1) is 17.6. The van der Waals surface area contributed by atoms with Crippen LogP contribution in [0.5, 0.6) is 0 Å². The molecule has 0 aliphatic carbocycles. The molecule has 1 fully saturated rings. The van der Waals surface area contributed by atoms with E-state index in [4.69, 9.17) is 11.6 Å². The van der Waals surface area contributed by atoms with Gasteiger partial charge in [-0.1, -0.05) is 17.7 Å². The number of rotatable bonds is 4. The molecule has 2 heterocycles. The summed E-state index contributed by atoms with van der Waals surface area (Å²) in [5.41, 5.74) is 0.207. The van der Waals surface area contributed by atoms with E-state index in [1.165, 1.54) is 12.1 Å². The number of likely N-dealkylation sites (tertiary alicyclic amines) is 1. The third-order valence-electron chi connectivity index (χ3n) is 4.24. The highest BCUT2D eigenvalue weighted by atomic mass is 35.5. The zero-order chi connectivity index (χ0) is 17.8. The highest BCUT2D eigenvalue weighted by Crippen LogP contribution is 2.20. The van der Waals surface area contributed by atoms with Crippen molar-refractivity contribution in [2.45, 2.75) is 18.9 Å². The maximum atomic E-state index is 13.1. The molecule has 5 nitrogen and oxygen atoms in total. The molecule has 0 spiro atoms. The summed E-state index contributed by atoms with van der Waals surface area (Å²) in [6.07, 6.45) is 2.11. The smallest absolute Gasteiger partial charge is 0.258 e. The van der Waals surface area contributed by atoms with E-state index in [-0.39, 0.29) is 10.6 Å². The molecule has 25 heavy (non-hydrogen) atoms. The lowest BCUT2D eigenvalue weighted by atomic mass is 10.1. The Hall–Kier alpha value is -2.18. The molecule has 2 aromatic rings. The first-order valence-electron chi connectivity index (χ1n) is 8.20. The summed E-state index contributed by atoms with van der Waals surface area (Å²) in [7, 11) is 2.12. The van der Waals surface area contributed by atoms with Crippen LogP contribution in [0.25, 0.3) is 0 Å². The molecular weight excluding hydrogens is 343 g/mol. The predicted molar refractivity (Wildman–Crippen MR) is 97.7 cm³/mol. The Labute approximate surface area is 151 Å². The third kappa shape index (κ3) is 4.67. The number of benzene rings is 1. The minimum atomic E-state index is -0.482. The van der Waals surface area contributed by atoms with Gasteiger partial charge in [0.15, 0.2) is 0 Å². The number of nitrogens with zero attached hydrogens (tertiary/aromatic N) is 2. The van der Waals surface area contributed by atoms with Crippen LogP contribution in [0.4, 0.5) is 16.0 Å². The molecule has 0 unspecified atom stereocenters. The van der Waals surface area contributed by atoms with Crippen molar-refractivity contribution in [3.63, 3.8) is 0 Å². The molecule has 1 aliphatic heterocycles. The van der Waals surface area contributed by atoms with Crippen molar-refractivity contribution in [1.82, 2.24) is 9.88 Å². The van der Waals surface area contributed by atoms with E-state index < -0.39 is 11.7 Å². The normalized spacial score (nSPS) is 15.8. The largest absolute Gasteiger partial charge is 0.367 e. The van der Waals surface area contributed by atoms with Crippen LogP contribution in [-0.2, 0) is 0 Å². The van der Waals surface area contributed by atoms with Crippen molar-refractivity contribution in [3.8, 4) is 0 Å². The van der Waals surface area contributed by atoms with Gasteiger partial charge >= 0.3 is 0 Å². The fraction of sp³-hybridized carbons (Fsp3) is 0.333. The molecule has 0 atom stereocenters. The van der Waals surface area contributed by atoms with E-state index in [0.29, 0.717) is 11.9 Å². The lowest BCUT2D eigenvalue weighted by Crippen LogP contribution is -2.36. The molecule has 3 rings (SSSR count). The average molecular weight is 363 g/mol. The van der Waals surface area contributed by atoms with Crippen molar-refractivity contribution < 1.29 is 9.18 Å². The predicted octanol–water partition coefficient (Wildman–Crippen LogP) is 3.63. The number of pyridine rings is 1. The Morgan fingerprint density at radius 3 is 2.68 bits per heavy atom. The van der Waals surface area contributed by atoms with E-state index in [9.17, 15) is 9.18 Å². The molecule has 0 bridgehead atoms. The van der Waals surface area contributed by atoms with Crippen molar-refractivity contribution in [1.29, 1.82) is 0 Å². The van der Waals surface area contributed by atoms with Crippen LogP contribution in [-0.4, -0.2) is 42.0 Å². The number of hydrogen-bond acceptors (Lipinski definition) is 4.